The number of nitrogens with one attached hydrogen (secondary N) is 8. The van der Waals surface area contributed by atoms with Crippen LogP contribution in [0.5, 0.6) is 0 Å². The summed E-state index contributed by atoms with van der Waals surface area (Å²) >= 11 is 5.99. The van der Waals surface area contributed by atoms with Crippen molar-refractivity contribution in [3.8, 4) is 0 Å². The number of allylic oxidation sites excluding steroid dienone is 1. The predicted molar refractivity (Wildman–Crippen MR) is 281 cm³/mol. The highest BCUT2D eigenvalue weighted by Gasteiger charge is 2.50. The molecule has 4 aliphatic rings. The van der Waals surface area contributed by atoms with E-state index in [1.165, 1.54) is 24.0 Å². The van der Waals surface area contributed by atoms with Gasteiger partial charge in [-0.25, -0.2) is 25.7 Å². The summed E-state index contributed by atoms with van der Waals surface area (Å²) in [5.41, 5.74) is 0.774. The second-order valence-corrected chi connectivity index (χ2v) is 21.6. The molecule has 17 atom stereocenters. The van der Waals surface area contributed by atoms with E-state index in [-0.39, 0.29) is 61.8 Å². The number of ether oxygens (including phenoxy) is 1. The van der Waals surface area contributed by atoms with Crippen LogP contribution < -0.4 is 42.4 Å². The van der Waals surface area contributed by atoms with E-state index in [0.29, 0.717) is 22.3 Å². The number of cyclic esters (lactones) is 1. The summed E-state index contributed by atoms with van der Waals surface area (Å²) in [6.07, 6.45) is 2.07. The average Bonchev–Trinajstić information content (AvgIpc) is 4.39. The number of halogens is 1. The van der Waals surface area contributed by atoms with E-state index in [2.05, 4.69) is 31.9 Å². The molecule has 25 heteroatoms. The van der Waals surface area contributed by atoms with Crippen molar-refractivity contribution >= 4 is 58.9 Å². The van der Waals surface area contributed by atoms with Crippen LogP contribution in [0.2, 0.25) is 5.15 Å². The molecule has 0 spiro atoms. The summed E-state index contributed by atoms with van der Waals surface area (Å²) in [6, 6.07) is 7.46. The third kappa shape index (κ3) is 14.9. The van der Waals surface area contributed by atoms with Crippen LogP contribution in [0.15, 0.2) is 84.9 Å². The van der Waals surface area contributed by atoms with Gasteiger partial charge in [0.1, 0.15) is 71.3 Å². The maximum absolute atomic E-state index is 15.1. The van der Waals surface area contributed by atoms with E-state index in [9.17, 15) is 54.8 Å². The van der Waals surface area contributed by atoms with Crippen molar-refractivity contribution in [1.82, 2.24) is 41.5 Å². The Morgan fingerprint density at radius 1 is 0.823 bits per heavy atom. The molecule has 3 aromatic rings. The highest BCUT2D eigenvalue weighted by atomic mass is 35.5. The largest absolute Gasteiger partial charge is 0.600 e. The number of rotatable bonds is 17. The van der Waals surface area contributed by atoms with Crippen molar-refractivity contribution in [1.29, 1.82) is 0 Å². The molecule has 0 bridgehead atoms. The second-order valence-electron chi connectivity index (χ2n) is 21.3. The number of benzene rings is 2. The lowest BCUT2D eigenvalue weighted by atomic mass is 9.91. The van der Waals surface area contributed by atoms with E-state index in [1.807, 2.05) is 13.0 Å². The first-order valence-corrected chi connectivity index (χ1v) is 27.1. The Hall–Kier alpha value is -6.93. The monoisotopic (exact) mass is 1120 g/mol. The van der Waals surface area contributed by atoms with Gasteiger partial charge in [0.25, 0.3) is 5.91 Å². The molecule has 24 nitrogen and oxygen atoms in total. The van der Waals surface area contributed by atoms with Crippen LogP contribution in [-0.2, 0) is 44.7 Å². The zero-order valence-corrected chi connectivity index (χ0v) is 45.3. The lowest BCUT2D eigenvalue weighted by Gasteiger charge is -2.34. The number of hydroxylamine groups is 4. The summed E-state index contributed by atoms with van der Waals surface area (Å²) in [5.74, 6) is -10.2. The molecule has 3 heterocycles. The van der Waals surface area contributed by atoms with Crippen molar-refractivity contribution in [2.24, 2.45) is 23.7 Å². The van der Waals surface area contributed by atoms with Gasteiger partial charge in [-0.05, 0) is 68.2 Å². The first-order chi connectivity index (χ1) is 37.6. The zero-order chi connectivity index (χ0) is 57.4. The summed E-state index contributed by atoms with van der Waals surface area (Å²) in [6.45, 7) is 8.35. The van der Waals surface area contributed by atoms with Gasteiger partial charge in [-0.1, -0.05) is 112 Å². The zero-order valence-electron chi connectivity index (χ0n) is 44.5. The quantitative estimate of drug-likeness (QED) is 0.0362. The molecule has 4 fully saturated rings. The molecule has 0 radical (unpaired) electrons. The Kier molecular flexibility index (Phi) is 19.9. The summed E-state index contributed by atoms with van der Waals surface area (Å²) in [4.78, 5) is 119. The Labute approximate surface area is 461 Å². The first-order valence-electron chi connectivity index (χ1n) is 26.7. The lowest BCUT2D eigenvalue weighted by molar-refractivity contribution is -1.06. The maximum atomic E-state index is 15.1. The van der Waals surface area contributed by atoms with Crippen LogP contribution in [0.25, 0.3) is 0 Å². The molecule has 7 rings (SSSR count). The van der Waals surface area contributed by atoms with Crippen molar-refractivity contribution in [3.63, 3.8) is 0 Å². The van der Waals surface area contributed by atoms with Crippen molar-refractivity contribution in [2.45, 2.75) is 146 Å². The highest BCUT2D eigenvalue weighted by molar-refractivity contribution is 6.30. The number of esters is 1. The van der Waals surface area contributed by atoms with E-state index in [4.69, 9.17) is 16.3 Å². The van der Waals surface area contributed by atoms with Crippen LogP contribution in [0.3, 0.4) is 0 Å². The average molecular weight is 1120 g/mol. The fraction of sp³-hybridized carbons (Fsp3) is 0.519. The first kappa shape index (κ1) is 59.7. The minimum Gasteiger partial charge on any atom is -0.600 e. The highest BCUT2D eigenvalue weighted by Crippen LogP contribution is 2.34. The normalized spacial score (nSPS) is 29.9. The molecule has 11 N–H and O–H groups in total. The number of quaternary nitrogens is 2. The Morgan fingerprint density at radius 2 is 1.43 bits per heavy atom. The molecule has 7 amide bonds. The molecular weight excluding hydrogens is 1050 g/mol. The topological polar surface area (TPSA) is 342 Å². The van der Waals surface area contributed by atoms with Gasteiger partial charge in [-0.15, -0.1) is 0 Å². The molecule has 2 aromatic carbocycles. The fourth-order valence-corrected chi connectivity index (χ4v) is 10.7. The minimum absolute atomic E-state index is 0.0127. The van der Waals surface area contributed by atoms with Gasteiger partial charge < -0.3 is 57.2 Å². The number of aromatic nitrogens is 1. The molecule has 2 saturated carbocycles. The molecule has 1 aromatic heterocycles. The van der Waals surface area contributed by atoms with E-state index < -0.39 is 142 Å². The van der Waals surface area contributed by atoms with Crippen molar-refractivity contribution in [3.05, 3.63) is 117 Å². The van der Waals surface area contributed by atoms with Crippen LogP contribution in [0.4, 0.5) is 0 Å². The van der Waals surface area contributed by atoms with Gasteiger partial charge in [0, 0.05) is 43.6 Å². The van der Waals surface area contributed by atoms with E-state index in [0.717, 1.165) is 0 Å². The number of hydrogen-bond donors (Lipinski definition) is 11. The van der Waals surface area contributed by atoms with Crippen LogP contribution in [-0.4, -0.2) is 140 Å². The molecule has 2 aliphatic heterocycles. The van der Waals surface area contributed by atoms with Crippen LogP contribution in [0, 0.1) is 34.1 Å². The molecule has 2 aliphatic carbocycles. The SMILES string of the molecule is C/C=C\[C@H]1C[C@H]2C(=O)O[C@H](C)[C@@H](NC(=O)[C@H](C[C@H]3C[C@@H]3[NH+]([O-])O)NC(=O)c3ccc(Cl)n3O)C(=O)N[C@@H](Cc3ccccc3)C(=O)N[C@H](C[C@@H]3C[C@H]3[NH+]([O-])O)C(=O)N[C@@H]([C@H](C)c3ccccc3)C(=O)N[C@@H]([C@@H](C)CC)C(=O)N2C1. The molecule has 2 unspecified atom stereocenters. The van der Waals surface area contributed by atoms with Gasteiger partial charge >= 0.3 is 5.97 Å². The van der Waals surface area contributed by atoms with Crippen LogP contribution in [0.1, 0.15) is 101 Å². The summed E-state index contributed by atoms with van der Waals surface area (Å²) in [7, 11) is 0. The molecule has 428 valence electrons. The smallest absolute Gasteiger partial charge is 0.329 e. The van der Waals surface area contributed by atoms with Gasteiger partial charge in [-0.2, -0.15) is 4.73 Å². The lowest BCUT2D eigenvalue weighted by Crippen LogP contribution is -3.06. The Balaban J connectivity index is 1.31. The molecule has 2 saturated heterocycles. The van der Waals surface area contributed by atoms with Crippen molar-refractivity contribution in [2.75, 3.05) is 6.54 Å². The number of nitrogens with zero attached hydrogens (tertiary/aromatic N) is 2. The number of carbonyl (C=O) groups excluding carboxylic acids is 8. The summed E-state index contributed by atoms with van der Waals surface area (Å²) < 4.78 is 6.44. The van der Waals surface area contributed by atoms with Gasteiger partial charge in [-0.3, -0.25) is 33.6 Å². The number of fused-ring (bicyclic) bond motifs is 1. The number of amides is 7. The Morgan fingerprint density at radius 3 is 2.03 bits per heavy atom. The fourth-order valence-electron chi connectivity index (χ4n) is 10.5. The minimum atomic E-state index is -1.89. The van der Waals surface area contributed by atoms with Crippen LogP contribution >= 0.6 is 11.6 Å². The second kappa shape index (κ2) is 26.4. The third-order valence-electron chi connectivity index (χ3n) is 15.7. The van der Waals surface area contributed by atoms with E-state index in [1.54, 1.807) is 87.5 Å². The third-order valence-corrected chi connectivity index (χ3v) is 15.9. The number of carbonyl (C=O) groups is 8. The molecule has 79 heavy (non-hydrogen) atoms. The maximum Gasteiger partial charge on any atom is 0.329 e. The van der Waals surface area contributed by atoms with Gasteiger partial charge in [0.15, 0.2) is 0 Å². The summed E-state index contributed by atoms with van der Waals surface area (Å²) in [5, 5.41) is 67.9. The standard InChI is InChI=1S/C54H71ClN10O14/c1-6-14-32-22-42-54(73)79-30(5)46(61-49(68)38(24-35-26-41(35)65(77)78)57-50(69)39-19-20-43(55)63(39)74)52(71)58-36(21-31-15-10-8-11-16-31)47(66)56-37(23-34-25-40(34)64(75)76)48(67)60-45(29(4)33-17-12-9-13-18-33)51(70)59-44(28(3)7-2)53(72)62(42)27-32/h6,8-20,28-30,32,34-38,40-42,44-46,64-65,74-75,77H,7,21-27H2,1-5H3,(H,56,66)(H,57,69)(H,58,71)(H,59,70)(H,60,67)(H,61,68)/b14-6-/t28-,29+,30+,32-,34+,35-,36-,37+,38-,40+,41-,42-,44-,45-,46+/m0/s1. The Bertz CT molecular complexity index is 2710. The van der Waals surface area contributed by atoms with Crippen molar-refractivity contribution < 1.29 is 69.2 Å². The van der Waals surface area contributed by atoms with Gasteiger partial charge in [0.05, 0.1) is 0 Å². The van der Waals surface area contributed by atoms with Gasteiger partial charge in [0.2, 0.25) is 35.4 Å². The molecular formula is C54H71ClN10O14. The van der Waals surface area contributed by atoms with E-state index >= 15 is 9.59 Å². The number of hydrogen-bond acceptors (Lipinski definition) is 14. The predicted octanol–water partition coefficient (Wildman–Crippen LogP) is -0.167.